The zero-order chi connectivity index (χ0) is 18.3. The van der Waals surface area contributed by atoms with E-state index in [1.54, 1.807) is 0 Å². The third-order valence-electron chi connectivity index (χ3n) is 5.50. The lowest BCUT2D eigenvalue weighted by Crippen LogP contribution is -2.40. The van der Waals surface area contributed by atoms with Gasteiger partial charge in [0.1, 0.15) is 0 Å². The van der Waals surface area contributed by atoms with Crippen LogP contribution < -0.4 is 0 Å². The van der Waals surface area contributed by atoms with Crippen molar-refractivity contribution in [2.75, 3.05) is 13.2 Å². The minimum Gasteiger partial charge on any atom is -0.342 e. The predicted molar refractivity (Wildman–Crippen MR) is 110 cm³/mol. The van der Waals surface area contributed by atoms with Gasteiger partial charge in [0.15, 0.2) is 0 Å². The summed E-state index contributed by atoms with van der Waals surface area (Å²) in [6.07, 6.45) is 0.916. The average Bonchev–Trinajstić information content (AvgIpc) is 2.74. The molecule has 0 unspecified atom stereocenters. The van der Waals surface area contributed by atoms with Crippen molar-refractivity contribution in [1.29, 1.82) is 0 Å². The molecule has 0 atom stereocenters. The molecule has 0 amide bonds. The maximum Gasteiger partial charge on any atom is 0.223 e. The zero-order valence-electron chi connectivity index (χ0n) is 15.4. The van der Waals surface area contributed by atoms with Gasteiger partial charge in [-0.2, -0.15) is 0 Å². The Hall–Kier alpha value is -2.68. The summed E-state index contributed by atoms with van der Waals surface area (Å²) in [5, 5.41) is 4.82. The van der Waals surface area contributed by atoms with Gasteiger partial charge in [0.05, 0.1) is 13.2 Å². The van der Waals surface area contributed by atoms with Crippen LogP contribution in [0.15, 0.2) is 78.9 Å². The minimum absolute atomic E-state index is 0.690. The van der Waals surface area contributed by atoms with E-state index in [-0.39, 0.29) is 0 Å². The molecule has 1 aliphatic rings. The van der Waals surface area contributed by atoms with E-state index in [0.717, 1.165) is 17.5 Å². The zero-order valence-corrected chi connectivity index (χ0v) is 15.4. The smallest absolute Gasteiger partial charge is 0.223 e. The summed E-state index contributed by atoms with van der Waals surface area (Å²) in [5.74, 6) is -0.868. The van der Waals surface area contributed by atoms with E-state index in [1.807, 2.05) is 0 Å². The highest BCUT2D eigenvalue weighted by Gasteiger charge is 2.41. The van der Waals surface area contributed by atoms with E-state index in [0.29, 0.717) is 13.2 Å². The maximum absolute atomic E-state index is 6.45. The molecule has 5 rings (SSSR count). The van der Waals surface area contributed by atoms with E-state index in [4.69, 9.17) is 9.47 Å². The van der Waals surface area contributed by atoms with Crippen molar-refractivity contribution in [3.8, 4) is 0 Å². The van der Waals surface area contributed by atoms with Crippen molar-refractivity contribution in [1.82, 2.24) is 0 Å². The molecule has 0 radical (unpaired) electrons. The van der Waals surface area contributed by atoms with Gasteiger partial charge in [0.2, 0.25) is 5.79 Å². The fourth-order valence-corrected chi connectivity index (χ4v) is 4.20. The lowest BCUT2D eigenvalue weighted by Gasteiger charge is -2.39. The molecule has 2 nitrogen and oxygen atoms in total. The van der Waals surface area contributed by atoms with Gasteiger partial charge < -0.3 is 9.47 Å². The molecular formula is C25H22O2. The van der Waals surface area contributed by atoms with Gasteiger partial charge in [0.25, 0.3) is 0 Å². The molecule has 1 saturated heterocycles. The maximum atomic E-state index is 6.45. The van der Waals surface area contributed by atoms with E-state index < -0.39 is 5.79 Å². The number of benzene rings is 4. The van der Waals surface area contributed by atoms with E-state index in [9.17, 15) is 0 Å². The highest BCUT2D eigenvalue weighted by molar-refractivity contribution is 5.89. The van der Waals surface area contributed by atoms with Crippen molar-refractivity contribution < 1.29 is 9.47 Å². The quantitative estimate of drug-likeness (QED) is 0.443. The van der Waals surface area contributed by atoms with Crippen LogP contribution in [0.5, 0.6) is 0 Å². The monoisotopic (exact) mass is 354 g/mol. The van der Waals surface area contributed by atoms with Crippen LogP contribution in [0.2, 0.25) is 0 Å². The highest BCUT2D eigenvalue weighted by Crippen LogP contribution is 2.43. The number of hydrogen-bond acceptors (Lipinski definition) is 2. The van der Waals surface area contributed by atoms with E-state index in [1.165, 1.54) is 27.1 Å². The first-order valence-corrected chi connectivity index (χ1v) is 9.54. The van der Waals surface area contributed by atoms with Crippen LogP contribution in [0.25, 0.3) is 21.5 Å². The normalized spacial score (nSPS) is 16.6. The number of rotatable bonds is 2. The molecule has 1 fully saturated rings. The highest BCUT2D eigenvalue weighted by atomic mass is 16.7. The van der Waals surface area contributed by atoms with Crippen molar-refractivity contribution in [2.24, 2.45) is 0 Å². The number of ether oxygens (including phenoxy) is 2. The Morgan fingerprint density at radius 2 is 1.37 bits per heavy atom. The molecule has 0 N–H and O–H groups in total. The molecule has 2 heteroatoms. The second kappa shape index (κ2) is 6.49. The lowest BCUT2D eigenvalue weighted by molar-refractivity contribution is -0.248. The fourth-order valence-electron chi connectivity index (χ4n) is 4.20. The van der Waals surface area contributed by atoms with Gasteiger partial charge in [-0.3, -0.25) is 0 Å². The third kappa shape index (κ3) is 2.64. The van der Waals surface area contributed by atoms with E-state index in [2.05, 4.69) is 85.8 Å². The Morgan fingerprint density at radius 1 is 0.704 bits per heavy atom. The van der Waals surface area contributed by atoms with Crippen molar-refractivity contribution in [2.45, 2.75) is 19.1 Å². The minimum atomic E-state index is -0.868. The van der Waals surface area contributed by atoms with Gasteiger partial charge in [0, 0.05) is 11.1 Å². The van der Waals surface area contributed by atoms with Crippen molar-refractivity contribution in [3.05, 3.63) is 95.6 Å². The van der Waals surface area contributed by atoms with Crippen LogP contribution in [0.3, 0.4) is 0 Å². The molecule has 1 aliphatic heterocycles. The van der Waals surface area contributed by atoms with Gasteiger partial charge in [-0.1, -0.05) is 72.8 Å². The summed E-state index contributed by atoms with van der Waals surface area (Å²) in [5.41, 5.74) is 3.36. The standard InChI is InChI=1S/C25H22O2/c1-18-11-12-20-8-4-5-10-23(20)24(18)25(26-15-6-16-27-25)22-14-13-19-7-2-3-9-21(19)17-22/h2-5,7-14,17H,6,15-16H2,1H3. The second-order valence-electron chi connectivity index (χ2n) is 7.21. The Kier molecular flexibility index (Phi) is 3.96. The van der Waals surface area contributed by atoms with Crippen molar-refractivity contribution >= 4 is 21.5 Å². The van der Waals surface area contributed by atoms with Gasteiger partial charge >= 0.3 is 0 Å². The largest absolute Gasteiger partial charge is 0.342 e. The second-order valence-corrected chi connectivity index (χ2v) is 7.21. The summed E-state index contributed by atoms with van der Waals surface area (Å²) >= 11 is 0. The summed E-state index contributed by atoms with van der Waals surface area (Å²) in [7, 11) is 0. The van der Waals surface area contributed by atoms with Crippen LogP contribution in [0.1, 0.15) is 23.1 Å². The van der Waals surface area contributed by atoms with Gasteiger partial charge in [-0.25, -0.2) is 0 Å². The molecule has 0 aliphatic carbocycles. The Labute approximate surface area is 159 Å². The predicted octanol–water partition coefficient (Wildman–Crippen LogP) is 5.94. The summed E-state index contributed by atoms with van der Waals surface area (Å²) < 4.78 is 12.9. The topological polar surface area (TPSA) is 18.5 Å². The molecule has 1 heterocycles. The summed E-state index contributed by atoms with van der Waals surface area (Å²) in [6.45, 7) is 3.52. The van der Waals surface area contributed by atoms with Crippen LogP contribution >= 0.6 is 0 Å². The molecule has 0 bridgehead atoms. The molecule has 0 aromatic heterocycles. The molecular weight excluding hydrogens is 332 g/mol. The first-order valence-electron chi connectivity index (χ1n) is 9.54. The summed E-state index contributed by atoms with van der Waals surface area (Å²) in [6, 6.07) is 27.8. The first kappa shape index (κ1) is 16.5. The number of fused-ring (bicyclic) bond motifs is 2. The Bertz CT molecular complexity index is 1120. The molecule has 0 spiro atoms. The van der Waals surface area contributed by atoms with Crippen LogP contribution in [-0.4, -0.2) is 13.2 Å². The SMILES string of the molecule is Cc1ccc2ccccc2c1C1(c2ccc3ccccc3c2)OCCCO1. The molecule has 27 heavy (non-hydrogen) atoms. The van der Waals surface area contributed by atoms with Crippen molar-refractivity contribution in [3.63, 3.8) is 0 Å². The fraction of sp³-hybridized carbons (Fsp3) is 0.200. The molecule has 0 saturated carbocycles. The Morgan fingerprint density at radius 3 is 2.19 bits per heavy atom. The Balaban J connectivity index is 1.81. The van der Waals surface area contributed by atoms with E-state index >= 15 is 0 Å². The third-order valence-corrected chi connectivity index (χ3v) is 5.50. The molecule has 134 valence electrons. The lowest BCUT2D eigenvalue weighted by atomic mass is 9.87. The molecule has 4 aromatic carbocycles. The summed E-state index contributed by atoms with van der Waals surface area (Å²) in [4.78, 5) is 0. The van der Waals surface area contributed by atoms with Gasteiger partial charge in [-0.15, -0.1) is 0 Å². The first-order chi connectivity index (χ1) is 13.3. The van der Waals surface area contributed by atoms with Crippen LogP contribution in [0, 0.1) is 6.92 Å². The van der Waals surface area contributed by atoms with Crippen LogP contribution in [0.4, 0.5) is 0 Å². The average molecular weight is 354 g/mol. The molecule has 4 aromatic rings. The van der Waals surface area contributed by atoms with Crippen LogP contribution in [-0.2, 0) is 15.3 Å². The number of hydrogen-bond donors (Lipinski definition) is 0. The van der Waals surface area contributed by atoms with Gasteiger partial charge in [-0.05, 0) is 46.5 Å². The number of aryl methyl sites for hydroxylation is 1.